The molecule has 0 radical (unpaired) electrons. The number of carbonyl (C=O) groups is 1. The summed E-state index contributed by atoms with van der Waals surface area (Å²) in [4.78, 5) is 11.5. The lowest BCUT2D eigenvalue weighted by molar-refractivity contribution is -0.122. The number of rotatable bonds is 5. The van der Waals surface area contributed by atoms with Crippen LogP contribution in [0.25, 0.3) is 0 Å². The number of nitrogens with zero attached hydrogens (tertiary/aromatic N) is 3. The van der Waals surface area contributed by atoms with Crippen LogP contribution < -0.4 is 5.43 Å². The number of halogens is 1. The highest BCUT2D eigenvalue weighted by Crippen LogP contribution is 2.28. The quantitative estimate of drug-likeness (QED) is 0.681. The molecule has 2 aromatic rings. The number of nitrogens with one attached hydrogen (secondary N) is 1. The standard InChI is InChI=1S/C16H17ClN4O/c1-11-14(9-18-19-16(22)13-7-8-13)15(17)21(20-11)10-12-5-3-2-4-6-12/h2-6,9,13H,7-8,10H2,1H3,(H,19,22)/b18-9+. The molecule has 1 aliphatic carbocycles. The number of hydrogen-bond acceptors (Lipinski definition) is 3. The van der Waals surface area contributed by atoms with Gasteiger partial charge < -0.3 is 0 Å². The zero-order valence-corrected chi connectivity index (χ0v) is 13.0. The Hall–Kier alpha value is -2.14. The molecule has 3 rings (SSSR count). The summed E-state index contributed by atoms with van der Waals surface area (Å²) in [5, 5.41) is 8.93. The second-order valence-electron chi connectivity index (χ2n) is 5.44. The number of aryl methyl sites for hydroxylation is 1. The van der Waals surface area contributed by atoms with Crippen molar-refractivity contribution in [2.75, 3.05) is 0 Å². The molecule has 0 aliphatic heterocycles. The van der Waals surface area contributed by atoms with Crippen molar-refractivity contribution >= 4 is 23.7 Å². The number of hydrazone groups is 1. The molecule has 114 valence electrons. The highest BCUT2D eigenvalue weighted by Gasteiger charge is 2.29. The molecule has 22 heavy (non-hydrogen) atoms. The van der Waals surface area contributed by atoms with Crippen molar-refractivity contribution < 1.29 is 4.79 Å². The van der Waals surface area contributed by atoms with Gasteiger partial charge in [-0.2, -0.15) is 10.2 Å². The normalized spacial score (nSPS) is 14.5. The summed E-state index contributed by atoms with van der Waals surface area (Å²) in [6.45, 7) is 2.47. The molecule has 0 unspecified atom stereocenters. The predicted octanol–water partition coefficient (Wildman–Crippen LogP) is 2.75. The van der Waals surface area contributed by atoms with Gasteiger partial charge in [-0.25, -0.2) is 10.1 Å². The van der Waals surface area contributed by atoms with E-state index in [1.807, 2.05) is 37.3 Å². The van der Waals surface area contributed by atoms with E-state index in [1.165, 1.54) is 0 Å². The van der Waals surface area contributed by atoms with Gasteiger partial charge in [0, 0.05) is 5.92 Å². The molecule has 1 aromatic heterocycles. The van der Waals surface area contributed by atoms with Crippen molar-refractivity contribution in [2.45, 2.75) is 26.3 Å². The Bertz CT molecular complexity index is 704. The highest BCUT2D eigenvalue weighted by atomic mass is 35.5. The maximum absolute atomic E-state index is 11.5. The number of hydrogen-bond donors (Lipinski definition) is 1. The van der Waals surface area contributed by atoms with E-state index >= 15 is 0 Å². The fraction of sp³-hybridized carbons (Fsp3) is 0.312. The summed E-state index contributed by atoms with van der Waals surface area (Å²) < 4.78 is 1.73. The van der Waals surface area contributed by atoms with Gasteiger partial charge in [-0.15, -0.1) is 0 Å². The van der Waals surface area contributed by atoms with Gasteiger partial charge >= 0.3 is 0 Å². The first-order chi connectivity index (χ1) is 10.6. The molecular weight excluding hydrogens is 300 g/mol. The number of amides is 1. The van der Waals surface area contributed by atoms with E-state index in [4.69, 9.17) is 11.6 Å². The fourth-order valence-electron chi connectivity index (χ4n) is 2.17. The third kappa shape index (κ3) is 3.36. The minimum atomic E-state index is -0.0262. The van der Waals surface area contributed by atoms with Gasteiger partial charge in [-0.3, -0.25) is 4.79 Å². The molecule has 0 spiro atoms. The van der Waals surface area contributed by atoms with Gasteiger partial charge in [-0.1, -0.05) is 41.9 Å². The van der Waals surface area contributed by atoms with Crippen LogP contribution >= 0.6 is 11.6 Å². The van der Waals surface area contributed by atoms with Gasteiger partial charge in [0.2, 0.25) is 5.91 Å². The largest absolute Gasteiger partial charge is 0.273 e. The third-order valence-electron chi connectivity index (χ3n) is 3.60. The second-order valence-corrected chi connectivity index (χ2v) is 5.80. The number of carbonyl (C=O) groups excluding carboxylic acids is 1. The lowest BCUT2D eigenvalue weighted by Crippen LogP contribution is -2.19. The first kappa shape index (κ1) is 14.8. The SMILES string of the molecule is Cc1nn(Cc2ccccc2)c(Cl)c1/C=N/NC(=O)C1CC1. The zero-order chi connectivity index (χ0) is 15.5. The van der Waals surface area contributed by atoms with Crippen LogP contribution in [-0.2, 0) is 11.3 Å². The van der Waals surface area contributed by atoms with E-state index in [2.05, 4.69) is 15.6 Å². The monoisotopic (exact) mass is 316 g/mol. The topological polar surface area (TPSA) is 59.3 Å². The van der Waals surface area contributed by atoms with Crippen LogP contribution in [-0.4, -0.2) is 21.9 Å². The van der Waals surface area contributed by atoms with E-state index in [9.17, 15) is 4.79 Å². The molecule has 1 aliphatic rings. The van der Waals surface area contributed by atoms with Gasteiger partial charge in [0.15, 0.2) is 0 Å². The Kier molecular flexibility index (Phi) is 4.24. The molecule has 0 bridgehead atoms. The zero-order valence-electron chi connectivity index (χ0n) is 12.3. The Morgan fingerprint density at radius 2 is 2.18 bits per heavy atom. The highest BCUT2D eigenvalue weighted by molar-refractivity contribution is 6.32. The summed E-state index contributed by atoms with van der Waals surface area (Å²) in [7, 11) is 0. The summed E-state index contributed by atoms with van der Waals surface area (Å²) in [6, 6.07) is 9.98. The fourth-order valence-corrected chi connectivity index (χ4v) is 2.46. The van der Waals surface area contributed by atoms with E-state index < -0.39 is 0 Å². The summed E-state index contributed by atoms with van der Waals surface area (Å²) >= 11 is 6.37. The molecule has 1 aromatic carbocycles. The van der Waals surface area contributed by atoms with Crippen molar-refractivity contribution in [1.82, 2.24) is 15.2 Å². The number of aromatic nitrogens is 2. The minimum absolute atomic E-state index is 0.0262. The summed E-state index contributed by atoms with van der Waals surface area (Å²) in [6.07, 6.45) is 3.47. The second kappa shape index (κ2) is 6.32. The lowest BCUT2D eigenvalue weighted by atomic mass is 10.2. The third-order valence-corrected chi connectivity index (χ3v) is 4.00. The van der Waals surface area contributed by atoms with Crippen LogP contribution in [0.2, 0.25) is 5.15 Å². The van der Waals surface area contributed by atoms with Crippen LogP contribution in [0.1, 0.15) is 29.7 Å². The van der Waals surface area contributed by atoms with Crippen LogP contribution in [0.15, 0.2) is 35.4 Å². The lowest BCUT2D eigenvalue weighted by Gasteiger charge is -2.03. The maximum atomic E-state index is 11.5. The average Bonchev–Trinajstić information content (AvgIpc) is 3.32. The smallest absolute Gasteiger partial charge is 0.243 e. The Labute approximate surface area is 134 Å². The minimum Gasteiger partial charge on any atom is -0.273 e. The first-order valence-corrected chi connectivity index (χ1v) is 7.62. The van der Waals surface area contributed by atoms with Crippen LogP contribution in [0.5, 0.6) is 0 Å². The van der Waals surface area contributed by atoms with Crippen molar-refractivity contribution in [3.8, 4) is 0 Å². The van der Waals surface area contributed by atoms with Gasteiger partial charge in [0.05, 0.1) is 24.0 Å². The van der Waals surface area contributed by atoms with Crippen molar-refractivity contribution in [2.24, 2.45) is 11.0 Å². The van der Waals surface area contributed by atoms with Crippen LogP contribution in [0.4, 0.5) is 0 Å². The molecule has 0 atom stereocenters. The Balaban J connectivity index is 1.72. The van der Waals surface area contributed by atoms with E-state index in [-0.39, 0.29) is 11.8 Å². The van der Waals surface area contributed by atoms with Gasteiger partial charge in [-0.05, 0) is 25.3 Å². The van der Waals surface area contributed by atoms with Crippen molar-refractivity contribution in [3.63, 3.8) is 0 Å². The number of benzene rings is 1. The molecule has 1 heterocycles. The molecule has 0 saturated heterocycles. The van der Waals surface area contributed by atoms with E-state index in [0.717, 1.165) is 29.7 Å². The Morgan fingerprint density at radius 3 is 2.86 bits per heavy atom. The first-order valence-electron chi connectivity index (χ1n) is 7.25. The predicted molar refractivity (Wildman–Crippen MR) is 86.0 cm³/mol. The van der Waals surface area contributed by atoms with E-state index in [0.29, 0.717) is 11.7 Å². The summed E-state index contributed by atoms with van der Waals surface area (Å²) in [5.74, 6) is 0.108. The van der Waals surface area contributed by atoms with Crippen molar-refractivity contribution in [3.05, 3.63) is 52.3 Å². The molecule has 6 heteroatoms. The van der Waals surface area contributed by atoms with Crippen molar-refractivity contribution in [1.29, 1.82) is 0 Å². The summed E-state index contributed by atoms with van der Waals surface area (Å²) in [5.41, 5.74) is 5.18. The molecule has 1 N–H and O–H groups in total. The van der Waals surface area contributed by atoms with Crippen LogP contribution in [0.3, 0.4) is 0 Å². The molecule has 1 amide bonds. The average molecular weight is 317 g/mol. The molecule has 1 saturated carbocycles. The molecular formula is C16H17ClN4O. The van der Waals surface area contributed by atoms with E-state index in [1.54, 1.807) is 10.9 Å². The Morgan fingerprint density at radius 1 is 1.45 bits per heavy atom. The maximum Gasteiger partial charge on any atom is 0.243 e. The van der Waals surface area contributed by atoms with Gasteiger partial charge in [0.1, 0.15) is 5.15 Å². The van der Waals surface area contributed by atoms with Gasteiger partial charge in [0.25, 0.3) is 0 Å². The molecule has 5 nitrogen and oxygen atoms in total. The van der Waals surface area contributed by atoms with Crippen LogP contribution in [0, 0.1) is 12.8 Å². The molecule has 1 fully saturated rings.